The number of nitrogens with one attached hydrogen (secondary N) is 2. The van der Waals surface area contributed by atoms with E-state index in [1.165, 1.54) is 18.3 Å². The first kappa shape index (κ1) is 21.2. The SMILES string of the molecule is CC(C)(C)C(=O)Nc1cc2cc(C3CCOCC3)n(-c3ccc(F)cc3)c2cc1C=N. The average Bonchev–Trinajstić information content (AvgIpc) is 3.12. The summed E-state index contributed by atoms with van der Waals surface area (Å²) in [6.07, 6.45) is 3.10. The minimum Gasteiger partial charge on any atom is -0.381 e. The summed E-state index contributed by atoms with van der Waals surface area (Å²) >= 11 is 0. The van der Waals surface area contributed by atoms with Gasteiger partial charge >= 0.3 is 0 Å². The van der Waals surface area contributed by atoms with Gasteiger partial charge in [-0.25, -0.2) is 4.39 Å². The molecule has 0 aliphatic carbocycles. The number of benzene rings is 2. The largest absolute Gasteiger partial charge is 0.381 e. The van der Waals surface area contributed by atoms with Crippen LogP contribution >= 0.6 is 0 Å². The van der Waals surface area contributed by atoms with Crippen molar-refractivity contribution in [3.05, 3.63) is 59.5 Å². The molecular formula is C25H28FN3O2. The number of carbonyl (C=O) groups is 1. The van der Waals surface area contributed by atoms with Gasteiger partial charge in [-0.3, -0.25) is 4.79 Å². The van der Waals surface area contributed by atoms with Crippen molar-refractivity contribution in [3.63, 3.8) is 0 Å². The van der Waals surface area contributed by atoms with Gasteiger partial charge in [-0.15, -0.1) is 0 Å². The third-order valence-corrected chi connectivity index (χ3v) is 5.81. The van der Waals surface area contributed by atoms with Crippen molar-refractivity contribution >= 4 is 28.7 Å². The number of anilines is 1. The van der Waals surface area contributed by atoms with Crippen LogP contribution in [-0.4, -0.2) is 29.9 Å². The van der Waals surface area contributed by atoms with E-state index in [0.717, 1.165) is 35.1 Å². The number of fused-ring (bicyclic) bond motifs is 1. The Morgan fingerprint density at radius 2 is 1.84 bits per heavy atom. The molecule has 31 heavy (non-hydrogen) atoms. The minimum atomic E-state index is -0.540. The summed E-state index contributed by atoms with van der Waals surface area (Å²) < 4.78 is 21.3. The van der Waals surface area contributed by atoms with Crippen LogP contribution in [0.1, 0.15) is 50.8 Å². The van der Waals surface area contributed by atoms with Crippen LogP contribution in [0.3, 0.4) is 0 Å². The molecule has 3 aromatic rings. The Labute approximate surface area is 181 Å². The first-order chi connectivity index (χ1) is 14.8. The topological polar surface area (TPSA) is 67.1 Å². The molecule has 4 rings (SSSR count). The van der Waals surface area contributed by atoms with Crippen molar-refractivity contribution in [3.8, 4) is 5.69 Å². The van der Waals surface area contributed by atoms with Crippen molar-refractivity contribution in [2.45, 2.75) is 39.5 Å². The molecule has 1 saturated heterocycles. The third-order valence-electron chi connectivity index (χ3n) is 5.81. The lowest BCUT2D eigenvalue weighted by Crippen LogP contribution is -2.28. The molecule has 1 amide bonds. The second-order valence-electron chi connectivity index (χ2n) is 9.11. The Bertz CT molecular complexity index is 1120. The van der Waals surface area contributed by atoms with E-state index in [4.69, 9.17) is 10.1 Å². The summed E-state index contributed by atoms with van der Waals surface area (Å²) in [6, 6.07) is 12.5. The fourth-order valence-corrected chi connectivity index (χ4v) is 4.00. The Morgan fingerprint density at radius 1 is 1.16 bits per heavy atom. The van der Waals surface area contributed by atoms with Crippen LogP contribution in [0.15, 0.2) is 42.5 Å². The molecule has 1 fully saturated rings. The lowest BCUT2D eigenvalue weighted by Gasteiger charge is -2.24. The number of carbonyl (C=O) groups excluding carboxylic acids is 1. The highest BCUT2D eigenvalue weighted by atomic mass is 19.1. The van der Waals surface area contributed by atoms with Crippen molar-refractivity contribution < 1.29 is 13.9 Å². The molecule has 0 bridgehead atoms. The normalized spacial score (nSPS) is 15.2. The van der Waals surface area contributed by atoms with Gasteiger partial charge in [-0.05, 0) is 55.3 Å². The van der Waals surface area contributed by atoms with Crippen LogP contribution in [0.25, 0.3) is 16.6 Å². The second kappa shape index (κ2) is 8.27. The van der Waals surface area contributed by atoms with Gasteiger partial charge in [0.05, 0.1) is 11.2 Å². The molecule has 5 nitrogen and oxygen atoms in total. The number of ether oxygens (including phenoxy) is 1. The highest BCUT2D eigenvalue weighted by Gasteiger charge is 2.25. The van der Waals surface area contributed by atoms with Gasteiger partial charge in [-0.1, -0.05) is 20.8 Å². The van der Waals surface area contributed by atoms with Gasteiger partial charge in [-0.2, -0.15) is 0 Å². The maximum absolute atomic E-state index is 13.6. The zero-order chi connectivity index (χ0) is 22.2. The van der Waals surface area contributed by atoms with Crippen molar-refractivity contribution in [1.29, 1.82) is 5.41 Å². The van der Waals surface area contributed by atoms with E-state index < -0.39 is 5.41 Å². The predicted molar refractivity (Wildman–Crippen MR) is 122 cm³/mol. The summed E-state index contributed by atoms with van der Waals surface area (Å²) in [5.74, 6) is -0.0555. The van der Waals surface area contributed by atoms with E-state index in [-0.39, 0.29) is 11.7 Å². The lowest BCUT2D eigenvalue weighted by atomic mass is 9.95. The Balaban J connectivity index is 1.89. The standard InChI is InChI=1S/C25H28FN3O2/c1-25(2,3)24(30)28-21-12-17-13-22(16-8-10-31-11-9-16)29(23(17)14-18(21)15-27)20-6-4-19(26)5-7-20/h4-7,12-16,27H,8-11H2,1-3H3,(H,28,30). The summed E-state index contributed by atoms with van der Waals surface area (Å²) in [5.41, 5.74) is 3.66. The number of amides is 1. The number of rotatable bonds is 4. The molecule has 1 aliphatic heterocycles. The van der Waals surface area contributed by atoms with Gasteiger partial charge in [0.15, 0.2) is 0 Å². The third kappa shape index (κ3) is 4.26. The highest BCUT2D eigenvalue weighted by Crippen LogP contribution is 2.36. The quantitative estimate of drug-likeness (QED) is 0.535. The molecule has 162 valence electrons. The molecular weight excluding hydrogens is 393 g/mol. The average molecular weight is 422 g/mol. The van der Waals surface area contributed by atoms with Gasteiger partial charge < -0.3 is 20.0 Å². The maximum atomic E-state index is 13.6. The molecule has 2 heterocycles. The molecule has 1 aliphatic rings. The monoisotopic (exact) mass is 421 g/mol. The molecule has 2 aromatic carbocycles. The summed E-state index contributed by atoms with van der Waals surface area (Å²) in [5, 5.41) is 11.9. The summed E-state index contributed by atoms with van der Waals surface area (Å²) in [7, 11) is 0. The van der Waals surface area contributed by atoms with E-state index in [2.05, 4.69) is 16.0 Å². The first-order valence-electron chi connectivity index (χ1n) is 10.6. The number of hydrogen-bond acceptors (Lipinski definition) is 3. The van der Waals surface area contributed by atoms with E-state index in [1.54, 1.807) is 12.1 Å². The zero-order valence-corrected chi connectivity index (χ0v) is 18.2. The molecule has 6 heteroatoms. The Kier molecular flexibility index (Phi) is 5.67. The molecule has 1 aromatic heterocycles. The van der Waals surface area contributed by atoms with Gasteiger partial charge in [0.2, 0.25) is 5.91 Å². The van der Waals surface area contributed by atoms with Gasteiger partial charge in [0.25, 0.3) is 0 Å². The van der Waals surface area contributed by atoms with Crippen LogP contribution in [-0.2, 0) is 9.53 Å². The van der Waals surface area contributed by atoms with Crippen molar-refractivity contribution in [2.24, 2.45) is 5.41 Å². The van der Waals surface area contributed by atoms with Gasteiger partial charge in [0.1, 0.15) is 5.82 Å². The molecule has 0 spiro atoms. The molecule has 2 N–H and O–H groups in total. The maximum Gasteiger partial charge on any atom is 0.229 e. The molecule has 0 radical (unpaired) electrons. The second-order valence-corrected chi connectivity index (χ2v) is 9.11. The van der Waals surface area contributed by atoms with Crippen molar-refractivity contribution in [2.75, 3.05) is 18.5 Å². The van der Waals surface area contributed by atoms with Gasteiger partial charge in [0, 0.05) is 53.1 Å². The van der Waals surface area contributed by atoms with E-state index in [0.29, 0.717) is 30.4 Å². The molecule has 0 unspecified atom stereocenters. The first-order valence-corrected chi connectivity index (χ1v) is 10.6. The lowest BCUT2D eigenvalue weighted by molar-refractivity contribution is -0.123. The molecule has 0 atom stereocenters. The summed E-state index contributed by atoms with van der Waals surface area (Å²) in [6.45, 7) is 7.01. The number of hydrogen-bond donors (Lipinski definition) is 2. The van der Waals surface area contributed by atoms with E-state index in [1.807, 2.05) is 32.9 Å². The number of aromatic nitrogens is 1. The van der Waals surface area contributed by atoms with Crippen LogP contribution in [0.4, 0.5) is 10.1 Å². The van der Waals surface area contributed by atoms with Crippen LogP contribution in [0.2, 0.25) is 0 Å². The number of nitrogens with zero attached hydrogens (tertiary/aromatic N) is 1. The Hall–Kier alpha value is -2.99. The summed E-state index contributed by atoms with van der Waals surface area (Å²) in [4.78, 5) is 12.6. The zero-order valence-electron chi connectivity index (χ0n) is 18.2. The Morgan fingerprint density at radius 3 is 2.45 bits per heavy atom. The smallest absolute Gasteiger partial charge is 0.229 e. The predicted octanol–water partition coefficient (Wildman–Crippen LogP) is 5.65. The van der Waals surface area contributed by atoms with Crippen LogP contribution in [0, 0.1) is 16.6 Å². The van der Waals surface area contributed by atoms with Crippen LogP contribution in [0.5, 0.6) is 0 Å². The fourth-order valence-electron chi connectivity index (χ4n) is 4.00. The molecule has 0 saturated carbocycles. The van der Waals surface area contributed by atoms with E-state index in [9.17, 15) is 9.18 Å². The minimum absolute atomic E-state index is 0.0995. The van der Waals surface area contributed by atoms with Crippen LogP contribution < -0.4 is 5.32 Å². The highest BCUT2D eigenvalue weighted by molar-refractivity contribution is 6.03. The number of halogens is 1. The van der Waals surface area contributed by atoms with E-state index >= 15 is 0 Å². The fraction of sp³-hybridized carbons (Fsp3) is 0.360. The van der Waals surface area contributed by atoms with Crippen molar-refractivity contribution in [1.82, 2.24) is 4.57 Å².